The van der Waals surface area contributed by atoms with Gasteiger partial charge in [0.25, 0.3) is 0 Å². The van der Waals surface area contributed by atoms with Crippen molar-refractivity contribution >= 4 is 19.6 Å². The van der Waals surface area contributed by atoms with E-state index in [0.717, 1.165) is 6.54 Å². The molecular formula is C11H15NSe. The van der Waals surface area contributed by atoms with Gasteiger partial charge in [0, 0.05) is 0 Å². The van der Waals surface area contributed by atoms with Crippen LogP contribution in [-0.4, -0.2) is 25.6 Å². The second kappa shape index (κ2) is 3.13. The van der Waals surface area contributed by atoms with E-state index in [9.17, 15) is 0 Å². The van der Waals surface area contributed by atoms with Gasteiger partial charge in [-0.3, -0.25) is 0 Å². The number of hydrogen-bond donors (Lipinski definition) is 0. The quantitative estimate of drug-likeness (QED) is 0.672. The molecule has 0 N–H and O–H groups in total. The summed E-state index contributed by atoms with van der Waals surface area (Å²) in [6, 6.07) is 8.84. The fourth-order valence-corrected chi connectivity index (χ4v) is 4.50. The van der Waals surface area contributed by atoms with Crippen molar-refractivity contribution in [2.75, 3.05) is 6.54 Å². The Bertz CT molecular complexity index is 320. The summed E-state index contributed by atoms with van der Waals surface area (Å²) in [7, 11) is 0. The second-order valence-corrected chi connectivity index (χ2v) is 6.07. The summed E-state index contributed by atoms with van der Waals surface area (Å²) in [6.07, 6.45) is 0. The van der Waals surface area contributed by atoms with Crippen LogP contribution in [0.3, 0.4) is 0 Å². The molecule has 1 nitrogen and oxygen atoms in total. The fraction of sp³-hybridized carbons (Fsp3) is 0.455. The molecule has 0 aliphatic carbocycles. The van der Waals surface area contributed by atoms with Gasteiger partial charge in [0.05, 0.1) is 0 Å². The first-order valence-corrected chi connectivity index (χ1v) is 6.33. The topological polar surface area (TPSA) is 3.24 Å². The Morgan fingerprint density at radius 3 is 2.62 bits per heavy atom. The van der Waals surface area contributed by atoms with E-state index in [1.54, 1.807) is 4.46 Å². The zero-order valence-corrected chi connectivity index (χ0v) is 10.1. The van der Waals surface area contributed by atoms with Crippen molar-refractivity contribution in [3.8, 4) is 0 Å². The molecule has 1 aromatic carbocycles. The van der Waals surface area contributed by atoms with E-state index in [2.05, 4.69) is 49.0 Å². The number of nitrogens with zero attached hydrogens (tertiary/aromatic N) is 1. The van der Waals surface area contributed by atoms with Crippen LogP contribution in [-0.2, 0) is 5.54 Å². The predicted octanol–water partition coefficient (Wildman–Crippen LogP) is 1.50. The number of hydrogen-bond acceptors (Lipinski definition) is 1. The van der Waals surface area contributed by atoms with Crippen molar-refractivity contribution in [1.29, 1.82) is 0 Å². The molecule has 70 valence electrons. The molecule has 0 saturated carbocycles. The summed E-state index contributed by atoms with van der Waals surface area (Å²) in [4.78, 5) is 0. The molecule has 0 aromatic heterocycles. The molecular weight excluding hydrogens is 225 g/mol. The Morgan fingerprint density at radius 2 is 2.00 bits per heavy atom. The van der Waals surface area contributed by atoms with Crippen LogP contribution in [0.2, 0.25) is 0 Å². The van der Waals surface area contributed by atoms with Crippen LogP contribution in [0.1, 0.15) is 26.3 Å². The summed E-state index contributed by atoms with van der Waals surface area (Å²) >= 11 is 0.537. The zero-order chi connectivity index (χ0) is 9.47. The molecule has 1 heterocycles. The van der Waals surface area contributed by atoms with Crippen molar-refractivity contribution in [3.63, 3.8) is 0 Å². The van der Waals surface area contributed by atoms with Crippen molar-refractivity contribution in [2.45, 2.75) is 26.3 Å². The van der Waals surface area contributed by atoms with Crippen molar-refractivity contribution in [3.05, 3.63) is 29.8 Å². The number of fused-ring (bicyclic) bond motifs is 1. The zero-order valence-electron chi connectivity index (χ0n) is 8.37. The van der Waals surface area contributed by atoms with E-state index in [-0.39, 0.29) is 5.54 Å². The SMILES string of the molecule is CCN1[Se]c2ccccc2C1(C)C. The summed E-state index contributed by atoms with van der Waals surface area (Å²) in [5.74, 6) is 0. The number of benzene rings is 1. The minimum absolute atomic E-state index is 0.255. The van der Waals surface area contributed by atoms with Crippen LogP contribution in [0.25, 0.3) is 0 Å². The summed E-state index contributed by atoms with van der Waals surface area (Å²) in [5.41, 5.74) is 1.78. The van der Waals surface area contributed by atoms with Crippen LogP contribution < -0.4 is 4.46 Å². The van der Waals surface area contributed by atoms with Gasteiger partial charge >= 0.3 is 86.2 Å². The van der Waals surface area contributed by atoms with E-state index >= 15 is 0 Å². The molecule has 0 atom stereocenters. The third-order valence-electron chi connectivity index (χ3n) is 2.67. The Balaban J connectivity index is 2.47. The minimum atomic E-state index is 0.255. The standard InChI is InChI=1S/C11H15NSe/c1-4-12-11(2,3)9-7-5-6-8-10(9)13-12/h5-8H,4H2,1-3H3. The first-order chi connectivity index (χ1) is 6.16. The first-order valence-electron chi connectivity index (χ1n) is 4.71. The molecule has 0 saturated heterocycles. The van der Waals surface area contributed by atoms with Crippen LogP contribution >= 0.6 is 0 Å². The number of rotatable bonds is 1. The molecule has 1 aromatic rings. The van der Waals surface area contributed by atoms with E-state index in [4.69, 9.17) is 0 Å². The van der Waals surface area contributed by atoms with Crippen molar-refractivity contribution < 1.29 is 0 Å². The van der Waals surface area contributed by atoms with Gasteiger partial charge in [-0.2, -0.15) is 0 Å². The van der Waals surface area contributed by atoms with Gasteiger partial charge in [0.2, 0.25) is 0 Å². The first kappa shape index (κ1) is 9.26. The summed E-state index contributed by atoms with van der Waals surface area (Å²) in [5, 5.41) is 0. The Labute approximate surface area is 86.5 Å². The van der Waals surface area contributed by atoms with E-state index in [1.807, 2.05) is 0 Å². The molecule has 0 bridgehead atoms. The molecule has 13 heavy (non-hydrogen) atoms. The average molecular weight is 240 g/mol. The Morgan fingerprint density at radius 1 is 1.31 bits per heavy atom. The van der Waals surface area contributed by atoms with Gasteiger partial charge in [-0.05, 0) is 0 Å². The van der Waals surface area contributed by atoms with Crippen LogP contribution in [0.4, 0.5) is 0 Å². The summed E-state index contributed by atoms with van der Waals surface area (Å²) < 4.78 is 4.13. The molecule has 2 heteroatoms. The molecule has 1 aliphatic heterocycles. The predicted molar refractivity (Wildman–Crippen MR) is 57.2 cm³/mol. The van der Waals surface area contributed by atoms with E-state index < -0.39 is 0 Å². The van der Waals surface area contributed by atoms with Gasteiger partial charge in [-0.25, -0.2) is 0 Å². The third kappa shape index (κ3) is 1.34. The van der Waals surface area contributed by atoms with E-state index in [1.165, 1.54) is 5.56 Å². The maximum absolute atomic E-state index is 2.57. The van der Waals surface area contributed by atoms with Crippen LogP contribution in [0.15, 0.2) is 24.3 Å². The monoisotopic (exact) mass is 241 g/mol. The van der Waals surface area contributed by atoms with Gasteiger partial charge in [-0.15, -0.1) is 0 Å². The van der Waals surface area contributed by atoms with Gasteiger partial charge in [-0.1, -0.05) is 0 Å². The van der Waals surface area contributed by atoms with Gasteiger partial charge in [0.15, 0.2) is 0 Å². The van der Waals surface area contributed by atoms with Crippen molar-refractivity contribution in [1.82, 2.24) is 3.92 Å². The third-order valence-corrected chi connectivity index (χ3v) is 5.79. The fourth-order valence-electron chi connectivity index (χ4n) is 1.88. The molecule has 0 radical (unpaired) electrons. The van der Waals surface area contributed by atoms with Crippen LogP contribution in [0.5, 0.6) is 0 Å². The van der Waals surface area contributed by atoms with Gasteiger partial charge < -0.3 is 0 Å². The maximum atomic E-state index is 2.57. The summed E-state index contributed by atoms with van der Waals surface area (Å²) in [6.45, 7) is 8.05. The second-order valence-electron chi connectivity index (χ2n) is 3.84. The molecule has 0 amide bonds. The Hall–Kier alpha value is -0.301. The van der Waals surface area contributed by atoms with Crippen molar-refractivity contribution in [2.24, 2.45) is 0 Å². The normalized spacial score (nSPS) is 20.2. The van der Waals surface area contributed by atoms with E-state index in [0.29, 0.717) is 15.2 Å². The average Bonchev–Trinajstić information content (AvgIpc) is 2.39. The molecule has 0 unspecified atom stereocenters. The Kier molecular flexibility index (Phi) is 2.23. The molecule has 2 rings (SSSR count). The van der Waals surface area contributed by atoms with Gasteiger partial charge in [0.1, 0.15) is 0 Å². The molecule has 0 spiro atoms. The van der Waals surface area contributed by atoms with Crippen LogP contribution in [0, 0.1) is 0 Å². The molecule has 0 fully saturated rings. The molecule has 1 aliphatic rings.